The van der Waals surface area contributed by atoms with E-state index >= 15 is 0 Å². The second kappa shape index (κ2) is 6.67. The molecule has 0 saturated carbocycles. The number of hydrogen-bond donors (Lipinski definition) is 1. The Labute approximate surface area is 96.1 Å². The Kier molecular flexibility index (Phi) is 5.12. The third-order valence-electron chi connectivity index (χ3n) is 2.08. The molecule has 0 heterocycles. The first kappa shape index (κ1) is 12.3. The lowest BCUT2D eigenvalue weighted by atomic mass is 10.3. The van der Waals surface area contributed by atoms with Crippen LogP contribution in [-0.2, 0) is 4.79 Å². The number of nitrogens with one attached hydrogen (secondary N) is 1. The summed E-state index contributed by atoms with van der Waals surface area (Å²) in [5.41, 5.74) is 1.76. The highest BCUT2D eigenvalue weighted by molar-refractivity contribution is 5.71. The van der Waals surface area contributed by atoms with E-state index in [0.29, 0.717) is 12.2 Å². The van der Waals surface area contributed by atoms with Gasteiger partial charge in [0, 0.05) is 12.2 Å². The summed E-state index contributed by atoms with van der Waals surface area (Å²) in [5, 5.41) is 3.20. The van der Waals surface area contributed by atoms with Crippen molar-refractivity contribution in [2.24, 2.45) is 0 Å². The second-order valence-electron chi connectivity index (χ2n) is 3.43. The Morgan fingerprint density at radius 2 is 2.06 bits per heavy atom. The molecule has 0 spiro atoms. The summed E-state index contributed by atoms with van der Waals surface area (Å²) in [6, 6.07) is 7.74. The van der Waals surface area contributed by atoms with E-state index in [9.17, 15) is 4.79 Å². The summed E-state index contributed by atoms with van der Waals surface area (Å²) in [4.78, 5) is 10.3. The highest BCUT2D eigenvalue weighted by Gasteiger charge is 1.93. The molecule has 0 unspecified atom stereocenters. The number of anilines is 1. The van der Waals surface area contributed by atoms with Crippen LogP contribution < -0.4 is 10.1 Å². The number of benzene rings is 1. The van der Waals surface area contributed by atoms with Gasteiger partial charge < -0.3 is 10.1 Å². The molecule has 1 rings (SSSR count). The quantitative estimate of drug-likeness (QED) is 0.590. The van der Waals surface area contributed by atoms with Gasteiger partial charge in [-0.15, -0.1) is 0 Å². The van der Waals surface area contributed by atoms with Crippen molar-refractivity contribution in [3.63, 3.8) is 0 Å². The van der Waals surface area contributed by atoms with Gasteiger partial charge in [-0.05, 0) is 49.8 Å². The molecule has 0 radical (unpaired) electrons. The van der Waals surface area contributed by atoms with Crippen molar-refractivity contribution in [3.8, 4) is 5.75 Å². The van der Waals surface area contributed by atoms with E-state index in [1.807, 2.05) is 24.3 Å². The molecule has 3 nitrogen and oxygen atoms in total. The van der Waals surface area contributed by atoms with Crippen LogP contribution in [0, 0.1) is 0 Å². The summed E-state index contributed by atoms with van der Waals surface area (Å²) in [7, 11) is 0. The van der Waals surface area contributed by atoms with Crippen LogP contribution in [0.1, 0.15) is 13.8 Å². The minimum atomic E-state index is 0.422. The lowest BCUT2D eigenvalue weighted by Crippen LogP contribution is -1.97. The maximum atomic E-state index is 10.3. The van der Waals surface area contributed by atoms with Gasteiger partial charge in [0.15, 0.2) is 0 Å². The molecule has 0 amide bonds. The lowest BCUT2D eigenvalue weighted by Gasteiger charge is -2.06. The molecule has 0 aliphatic heterocycles. The second-order valence-corrected chi connectivity index (χ2v) is 3.43. The highest BCUT2D eigenvalue weighted by Crippen LogP contribution is 2.15. The summed E-state index contributed by atoms with van der Waals surface area (Å²) in [6.07, 6.45) is 2.57. The largest absolute Gasteiger partial charge is 0.490 e. The van der Waals surface area contributed by atoms with Crippen LogP contribution in [0.3, 0.4) is 0 Å². The molecule has 0 aromatic heterocycles. The Morgan fingerprint density at radius 1 is 1.38 bits per heavy atom. The summed E-state index contributed by atoms with van der Waals surface area (Å²) < 4.78 is 5.45. The Morgan fingerprint density at radius 3 is 2.62 bits per heavy atom. The van der Waals surface area contributed by atoms with Crippen molar-refractivity contribution in [1.82, 2.24) is 0 Å². The van der Waals surface area contributed by atoms with Gasteiger partial charge in [-0.3, -0.25) is 4.79 Å². The van der Waals surface area contributed by atoms with Gasteiger partial charge in [-0.1, -0.05) is 0 Å². The van der Waals surface area contributed by atoms with Gasteiger partial charge in [0.1, 0.15) is 18.6 Å². The van der Waals surface area contributed by atoms with E-state index in [4.69, 9.17) is 4.74 Å². The predicted molar refractivity (Wildman–Crippen MR) is 65.9 cm³/mol. The molecule has 1 aromatic carbocycles. The molecule has 16 heavy (non-hydrogen) atoms. The van der Waals surface area contributed by atoms with Crippen molar-refractivity contribution in [2.45, 2.75) is 13.8 Å². The van der Waals surface area contributed by atoms with Crippen molar-refractivity contribution < 1.29 is 9.53 Å². The summed E-state index contributed by atoms with van der Waals surface area (Å²) >= 11 is 0. The van der Waals surface area contributed by atoms with Crippen molar-refractivity contribution in [3.05, 3.63) is 35.9 Å². The molecule has 0 aliphatic carbocycles. The van der Waals surface area contributed by atoms with Crippen LogP contribution in [-0.4, -0.2) is 19.4 Å². The Hall–Kier alpha value is -1.77. The zero-order valence-electron chi connectivity index (χ0n) is 9.69. The molecule has 0 bridgehead atoms. The Balaban J connectivity index is 2.46. The first-order chi connectivity index (χ1) is 7.76. The third kappa shape index (κ3) is 4.17. The van der Waals surface area contributed by atoms with Crippen molar-refractivity contribution in [2.75, 3.05) is 18.5 Å². The topological polar surface area (TPSA) is 38.3 Å². The van der Waals surface area contributed by atoms with Gasteiger partial charge in [-0.25, -0.2) is 0 Å². The average molecular weight is 219 g/mol. The number of rotatable bonds is 6. The molecule has 0 aliphatic rings. The van der Waals surface area contributed by atoms with Crippen LogP contribution in [0.25, 0.3) is 0 Å². The van der Waals surface area contributed by atoms with Gasteiger partial charge in [-0.2, -0.15) is 0 Å². The molecule has 0 atom stereocenters. The molecule has 3 heteroatoms. The third-order valence-corrected chi connectivity index (χ3v) is 2.08. The monoisotopic (exact) mass is 219 g/mol. The van der Waals surface area contributed by atoms with Crippen LogP contribution >= 0.6 is 0 Å². The van der Waals surface area contributed by atoms with Crippen molar-refractivity contribution >= 4 is 12.0 Å². The van der Waals surface area contributed by atoms with E-state index in [-0.39, 0.29) is 0 Å². The summed E-state index contributed by atoms with van der Waals surface area (Å²) in [5.74, 6) is 0.802. The normalized spacial score (nSPS) is 11.0. The van der Waals surface area contributed by atoms with Gasteiger partial charge in [0.25, 0.3) is 0 Å². The van der Waals surface area contributed by atoms with E-state index in [1.165, 1.54) is 0 Å². The van der Waals surface area contributed by atoms with E-state index in [1.54, 1.807) is 13.0 Å². The number of allylic oxidation sites excluding steroid dienone is 1. The first-order valence-corrected chi connectivity index (χ1v) is 5.35. The number of carbonyl (C=O) groups is 1. The SMILES string of the molecule is CCNc1ccc(OCC=C(C)C=O)cc1. The fraction of sp³-hybridized carbons (Fsp3) is 0.308. The zero-order valence-corrected chi connectivity index (χ0v) is 9.69. The van der Waals surface area contributed by atoms with E-state index < -0.39 is 0 Å². The molecular weight excluding hydrogens is 202 g/mol. The maximum absolute atomic E-state index is 10.3. The fourth-order valence-corrected chi connectivity index (χ4v) is 1.19. The van der Waals surface area contributed by atoms with Crippen LogP contribution in [0.15, 0.2) is 35.9 Å². The predicted octanol–water partition coefficient (Wildman–Crippen LogP) is 2.64. The Bertz CT molecular complexity index is 355. The molecular formula is C13H17NO2. The first-order valence-electron chi connectivity index (χ1n) is 5.35. The fourth-order valence-electron chi connectivity index (χ4n) is 1.19. The zero-order chi connectivity index (χ0) is 11.8. The maximum Gasteiger partial charge on any atom is 0.145 e. The number of aldehydes is 1. The van der Waals surface area contributed by atoms with Crippen LogP contribution in [0.4, 0.5) is 5.69 Å². The molecule has 1 aromatic rings. The van der Waals surface area contributed by atoms with Crippen molar-refractivity contribution in [1.29, 1.82) is 0 Å². The van der Waals surface area contributed by atoms with E-state index in [2.05, 4.69) is 12.2 Å². The number of carbonyl (C=O) groups excluding carboxylic acids is 1. The van der Waals surface area contributed by atoms with Crippen LogP contribution in [0.2, 0.25) is 0 Å². The van der Waals surface area contributed by atoms with Gasteiger partial charge in [0.05, 0.1) is 0 Å². The molecule has 86 valence electrons. The standard InChI is InChI=1S/C13H17NO2/c1-3-14-12-4-6-13(7-5-12)16-9-8-11(2)10-15/h4-8,10,14H,3,9H2,1-2H3. The lowest BCUT2D eigenvalue weighted by molar-refractivity contribution is -0.104. The minimum absolute atomic E-state index is 0.422. The molecule has 0 saturated heterocycles. The number of hydrogen-bond acceptors (Lipinski definition) is 3. The highest BCUT2D eigenvalue weighted by atomic mass is 16.5. The smallest absolute Gasteiger partial charge is 0.145 e. The molecule has 0 fully saturated rings. The minimum Gasteiger partial charge on any atom is -0.490 e. The summed E-state index contributed by atoms with van der Waals surface area (Å²) in [6.45, 7) is 5.13. The van der Waals surface area contributed by atoms with Crippen LogP contribution in [0.5, 0.6) is 5.75 Å². The van der Waals surface area contributed by atoms with Gasteiger partial charge in [0.2, 0.25) is 0 Å². The molecule has 1 N–H and O–H groups in total. The van der Waals surface area contributed by atoms with E-state index in [0.717, 1.165) is 24.3 Å². The van der Waals surface area contributed by atoms with Gasteiger partial charge >= 0.3 is 0 Å². The average Bonchev–Trinajstić information content (AvgIpc) is 2.31. The number of ether oxygens (including phenoxy) is 1.